The number of hydrogen-bond donors (Lipinski definition) is 1. The SMILES string of the molecule is CCN(CC)S(=O)(=O)N1CCN(CC(=O)NC(c2ccc(C(C)C)cc2)C(C)C)CC1. The van der Waals surface area contributed by atoms with Crippen molar-refractivity contribution in [3.05, 3.63) is 35.4 Å². The second kappa shape index (κ2) is 11.4. The van der Waals surface area contributed by atoms with Crippen LogP contribution in [0.4, 0.5) is 0 Å². The molecule has 1 heterocycles. The molecule has 0 spiro atoms. The van der Waals surface area contributed by atoms with Gasteiger partial charge in [0.05, 0.1) is 12.6 Å². The second-order valence-electron chi connectivity index (χ2n) is 8.88. The summed E-state index contributed by atoms with van der Waals surface area (Å²) in [6.45, 7) is 15.4. The second-order valence-corrected chi connectivity index (χ2v) is 10.8. The molecule has 8 heteroatoms. The molecular formula is C23H40N4O3S. The van der Waals surface area contributed by atoms with Gasteiger partial charge in [0.25, 0.3) is 10.2 Å². The zero-order valence-electron chi connectivity index (χ0n) is 20.0. The Bertz CT molecular complexity index is 797. The highest BCUT2D eigenvalue weighted by molar-refractivity contribution is 7.86. The van der Waals surface area contributed by atoms with Crippen molar-refractivity contribution in [2.24, 2.45) is 5.92 Å². The van der Waals surface area contributed by atoms with E-state index in [-0.39, 0.29) is 24.4 Å². The summed E-state index contributed by atoms with van der Waals surface area (Å²) >= 11 is 0. The number of nitrogens with one attached hydrogen (secondary N) is 1. The summed E-state index contributed by atoms with van der Waals surface area (Å²) in [6, 6.07) is 8.45. The Morgan fingerprint density at radius 1 is 0.968 bits per heavy atom. The minimum absolute atomic E-state index is 0.0216. The van der Waals surface area contributed by atoms with Crippen molar-refractivity contribution in [3.8, 4) is 0 Å². The van der Waals surface area contributed by atoms with E-state index in [2.05, 4.69) is 57.3 Å². The van der Waals surface area contributed by atoms with Gasteiger partial charge >= 0.3 is 0 Å². The zero-order valence-corrected chi connectivity index (χ0v) is 20.8. The Morgan fingerprint density at radius 2 is 1.48 bits per heavy atom. The van der Waals surface area contributed by atoms with E-state index in [4.69, 9.17) is 0 Å². The number of carbonyl (C=O) groups excluding carboxylic acids is 1. The lowest BCUT2D eigenvalue weighted by Gasteiger charge is -2.36. The molecule has 1 aromatic carbocycles. The third-order valence-corrected chi connectivity index (χ3v) is 8.19. The van der Waals surface area contributed by atoms with Crippen LogP contribution >= 0.6 is 0 Å². The van der Waals surface area contributed by atoms with Crippen molar-refractivity contribution in [2.75, 3.05) is 45.8 Å². The van der Waals surface area contributed by atoms with Crippen LogP contribution in [-0.4, -0.2) is 73.6 Å². The maximum absolute atomic E-state index is 12.8. The lowest BCUT2D eigenvalue weighted by Crippen LogP contribution is -2.54. The number of benzene rings is 1. The molecule has 2 rings (SSSR count). The standard InChI is InChI=1S/C23H40N4O3S/c1-7-26(8-2)31(29,30)27-15-13-25(14-16-27)17-22(28)24-23(19(5)6)21-11-9-20(10-12-21)18(3)4/h9-12,18-19,23H,7-8,13-17H2,1-6H3,(H,24,28). The molecule has 1 aliphatic rings. The van der Waals surface area contributed by atoms with E-state index in [0.29, 0.717) is 45.2 Å². The Balaban J connectivity index is 1.93. The van der Waals surface area contributed by atoms with E-state index in [0.717, 1.165) is 5.56 Å². The summed E-state index contributed by atoms with van der Waals surface area (Å²) in [6.07, 6.45) is 0. The van der Waals surface area contributed by atoms with Crippen molar-refractivity contribution < 1.29 is 13.2 Å². The monoisotopic (exact) mass is 452 g/mol. The zero-order chi connectivity index (χ0) is 23.2. The van der Waals surface area contributed by atoms with E-state index in [1.807, 2.05) is 18.7 Å². The van der Waals surface area contributed by atoms with Crippen LogP contribution < -0.4 is 5.32 Å². The van der Waals surface area contributed by atoms with Crippen molar-refractivity contribution >= 4 is 16.1 Å². The van der Waals surface area contributed by atoms with Gasteiger partial charge in [0.15, 0.2) is 0 Å². The van der Waals surface area contributed by atoms with Gasteiger partial charge in [-0.1, -0.05) is 65.8 Å². The average molecular weight is 453 g/mol. The van der Waals surface area contributed by atoms with E-state index in [9.17, 15) is 13.2 Å². The molecule has 0 bridgehead atoms. The molecule has 7 nitrogen and oxygen atoms in total. The van der Waals surface area contributed by atoms with Gasteiger partial charge in [0.2, 0.25) is 5.91 Å². The molecule has 0 saturated carbocycles. The van der Waals surface area contributed by atoms with Crippen molar-refractivity contribution in [3.63, 3.8) is 0 Å². The predicted molar refractivity (Wildman–Crippen MR) is 126 cm³/mol. The molecule has 1 unspecified atom stereocenters. The van der Waals surface area contributed by atoms with Crippen LogP contribution in [0, 0.1) is 5.92 Å². The summed E-state index contributed by atoms with van der Waals surface area (Å²) < 4.78 is 28.4. The molecule has 1 aromatic rings. The quantitative estimate of drug-likeness (QED) is 0.592. The number of piperazine rings is 1. The van der Waals surface area contributed by atoms with Crippen LogP contribution in [0.2, 0.25) is 0 Å². The van der Waals surface area contributed by atoms with E-state index >= 15 is 0 Å². The highest BCUT2D eigenvalue weighted by atomic mass is 32.2. The topological polar surface area (TPSA) is 73.0 Å². The van der Waals surface area contributed by atoms with E-state index < -0.39 is 10.2 Å². The fourth-order valence-electron chi connectivity index (χ4n) is 3.98. The van der Waals surface area contributed by atoms with Gasteiger partial charge in [-0.2, -0.15) is 17.0 Å². The number of carbonyl (C=O) groups is 1. The van der Waals surface area contributed by atoms with E-state index in [1.165, 1.54) is 14.2 Å². The molecule has 1 saturated heterocycles. The van der Waals surface area contributed by atoms with Gasteiger partial charge < -0.3 is 5.32 Å². The third kappa shape index (κ3) is 6.75. The summed E-state index contributed by atoms with van der Waals surface area (Å²) in [7, 11) is -3.41. The number of amides is 1. The lowest BCUT2D eigenvalue weighted by atomic mass is 9.93. The van der Waals surface area contributed by atoms with Crippen LogP contribution in [-0.2, 0) is 15.0 Å². The molecule has 1 aliphatic heterocycles. The summed E-state index contributed by atoms with van der Waals surface area (Å²) in [4.78, 5) is 14.8. The molecule has 31 heavy (non-hydrogen) atoms. The smallest absolute Gasteiger partial charge is 0.282 e. The predicted octanol–water partition coefficient (Wildman–Crippen LogP) is 2.83. The molecule has 0 aromatic heterocycles. The highest BCUT2D eigenvalue weighted by Crippen LogP contribution is 2.24. The summed E-state index contributed by atoms with van der Waals surface area (Å²) in [5.41, 5.74) is 2.40. The van der Waals surface area contributed by atoms with Gasteiger partial charge in [0.1, 0.15) is 0 Å². The first-order valence-electron chi connectivity index (χ1n) is 11.5. The summed E-state index contributed by atoms with van der Waals surface area (Å²) in [5.74, 6) is 0.724. The Labute approximate surface area is 189 Å². The number of hydrogen-bond acceptors (Lipinski definition) is 4. The molecule has 176 valence electrons. The normalized spacial score (nSPS) is 17.5. The first-order valence-corrected chi connectivity index (χ1v) is 12.9. The summed E-state index contributed by atoms with van der Waals surface area (Å²) in [5, 5.41) is 3.19. The minimum Gasteiger partial charge on any atom is -0.348 e. The van der Waals surface area contributed by atoms with Gasteiger partial charge in [0, 0.05) is 39.3 Å². The van der Waals surface area contributed by atoms with Crippen LogP contribution in [0.5, 0.6) is 0 Å². The Kier molecular flexibility index (Phi) is 9.48. The maximum Gasteiger partial charge on any atom is 0.282 e. The van der Waals surface area contributed by atoms with Gasteiger partial charge in [-0.15, -0.1) is 0 Å². The van der Waals surface area contributed by atoms with E-state index in [1.54, 1.807) is 0 Å². The first kappa shape index (κ1) is 25.8. The third-order valence-electron chi connectivity index (χ3n) is 6.00. The molecule has 1 fully saturated rings. The molecule has 1 amide bonds. The lowest BCUT2D eigenvalue weighted by molar-refractivity contribution is -0.123. The van der Waals surface area contributed by atoms with Crippen LogP contribution in [0.1, 0.15) is 64.6 Å². The highest BCUT2D eigenvalue weighted by Gasteiger charge is 2.31. The Morgan fingerprint density at radius 3 is 1.94 bits per heavy atom. The molecule has 0 radical (unpaired) electrons. The molecule has 1 N–H and O–H groups in total. The van der Waals surface area contributed by atoms with Crippen LogP contribution in [0.15, 0.2) is 24.3 Å². The van der Waals surface area contributed by atoms with Crippen LogP contribution in [0.25, 0.3) is 0 Å². The molecule has 1 atom stereocenters. The minimum atomic E-state index is -3.41. The van der Waals surface area contributed by atoms with Crippen molar-refractivity contribution in [1.82, 2.24) is 18.8 Å². The largest absolute Gasteiger partial charge is 0.348 e. The van der Waals surface area contributed by atoms with Gasteiger partial charge in [-0.05, 0) is 23.0 Å². The average Bonchev–Trinajstić information content (AvgIpc) is 2.73. The molecule has 0 aliphatic carbocycles. The van der Waals surface area contributed by atoms with Crippen molar-refractivity contribution in [1.29, 1.82) is 0 Å². The number of rotatable bonds is 10. The number of nitrogens with zero attached hydrogens (tertiary/aromatic N) is 3. The Hall–Kier alpha value is -1.48. The van der Waals surface area contributed by atoms with Crippen molar-refractivity contribution in [2.45, 2.75) is 53.5 Å². The van der Waals surface area contributed by atoms with Gasteiger partial charge in [-0.25, -0.2) is 0 Å². The van der Waals surface area contributed by atoms with Gasteiger partial charge in [-0.3, -0.25) is 9.69 Å². The fraction of sp³-hybridized carbons (Fsp3) is 0.696. The maximum atomic E-state index is 12.8. The first-order chi connectivity index (χ1) is 14.6. The molecular weight excluding hydrogens is 412 g/mol. The van der Waals surface area contributed by atoms with Crippen LogP contribution in [0.3, 0.4) is 0 Å². The fourth-order valence-corrected chi connectivity index (χ4v) is 5.58.